The molecule has 0 spiro atoms. The topological polar surface area (TPSA) is 50.3 Å². The maximum atomic E-state index is 13.1. The number of benzene rings is 1. The van der Waals surface area contributed by atoms with Crippen molar-refractivity contribution < 1.29 is 12.8 Å². The van der Waals surface area contributed by atoms with Gasteiger partial charge in [-0.15, -0.1) is 0 Å². The van der Waals surface area contributed by atoms with E-state index in [0.717, 1.165) is 29.8 Å². The number of fused-ring (bicyclic) bond motifs is 3. The summed E-state index contributed by atoms with van der Waals surface area (Å²) in [7, 11) is -3.32. The molecule has 0 unspecified atom stereocenters. The van der Waals surface area contributed by atoms with E-state index in [1.165, 1.54) is 17.8 Å². The molecule has 1 aromatic carbocycles. The first kappa shape index (κ1) is 17.0. The lowest BCUT2D eigenvalue weighted by atomic mass is 9.95. The molecule has 0 amide bonds. The van der Waals surface area contributed by atoms with Gasteiger partial charge in [0, 0.05) is 37.3 Å². The number of halogens is 1. The number of rotatable bonds is 3. The normalized spacial score (nSPS) is 23.3. The van der Waals surface area contributed by atoms with Crippen LogP contribution in [0.5, 0.6) is 0 Å². The van der Waals surface area contributed by atoms with Crippen LogP contribution in [0.25, 0.3) is 11.1 Å². The molecule has 0 aliphatic carbocycles. The number of pyridine rings is 1. The molecule has 0 radical (unpaired) electrons. The van der Waals surface area contributed by atoms with Crippen molar-refractivity contribution in [3.8, 4) is 11.1 Å². The highest BCUT2D eigenvalue weighted by Gasteiger charge is 2.50. The molecule has 2 atom stereocenters. The van der Waals surface area contributed by atoms with E-state index in [4.69, 9.17) is 0 Å². The smallest absolute Gasteiger partial charge is 0.212 e. The number of nitrogens with zero attached hydrogens (tertiary/aromatic N) is 2. The van der Waals surface area contributed by atoms with E-state index in [-0.39, 0.29) is 11.2 Å². The molecule has 4 heterocycles. The third-order valence-electron chi connectivity index (χ3n) is 5.50. The maximum Gasteiger partial charge on any atom is 0.212 e. The second kappa shape index (κ2) is 6.22. The molecule has 0 N–H and O–H groups in total. The summed E-state index contributed by atoms with van der Waals surface area (Å²) in [5.74, 6) is -0.542. The van der Waals surface area contributed by atoms with Gasteiger partial charge in [0.15, 0.2) is 9.84 Å². The Morgan fingerprint density at radius 2 is 2.00 bits per heavy atom. The van der Waals surface area contributed by atoms with Crippen molar-refractivity contribution in [2.45, 2.75) is 22.6 Å². The van der Waals surface area contributed by atoms with E-state index in [1.807, 2.05) is 11.4 Å². The van der Waals surface area contributed by atoms with Crippen LogP contribution in [0.2, 0.25) is 0 Å². The number of thiophene rings is 1. The van der Waals surface area contributed by atoms with Crippen LogP contribution in [0.1, 0.15) is 17.0 Å². The summed E-state index contributed by atoms with van der Waals surface area (Å²) in [5, 5.41) is 3.77. The average molecular weight is 401 g/mol. The zero-order valence-corrected chi connectivity index (χ0v) is 16.0. The fourth-order valence-corrected chi connectivity index (χ4v) is 7.08. The van der Waals surface area contributed by atoms with Crippen LogP contribution in [-0.2, 0) is 16.4 Å². The molecule has 2 aromatic heterocycles. The van der Waals surface area contributed by atoms with Crippen LogP contribution in [0.3, 0.4) is 0 Å². The van der Waals surface area contributed by atoms with Gasteiger partial charge < -0.3 is 0 Å². The van der Waals surface area contributed by atoms with Gasteiger partial charge in [-0.3, -0.25) is 4.90 Å². The van der Waals surface area contributed by atoms with Gasteiger partial charge in [-0.05, 0) is 57.8 Å². The van der Waals surface area contributed by atoms with Crippen molar-refractivity contribution in [3.63, 3.8) is 0 Å². The zero-order valence-electron chi connectivity index (χ0n) is 14.4. The van der Waals surface area contributed by atoms with Crippen LogP contribution in [0.4, 0.5) is 4.39 Å². The lowest BCUT2D eigenvalue weighted by molar-refractivity contribution is 0.326. The third kappa shape index (κ3) is 2.81. The van der Waals surface area contributed by atoms with Gasteiger partial charge in [0.1, 0.15) is 0 Å². The highest BCUT2D eigenvalue weighted by molar-refractivity contribution is 7.92. The van der Waals surface area contributed by atoms with E-state index in [2.05, 4.69) is 21.3 Å². The van der Waals surface area contributed by atoms with Gasteiger partial charge in [-0.2, -0.15) is 15.7 Å². The first-order valence-corrected chi connectivity index (χ1v) is 11.2. The molecule has 2 aliphatic heterocycles. The summed E-state index contributed by atoms with van der Waals surface area (Å²) in [6.45, 7) is 2.08. The average Bonchev–Trinajstić information content (AvgIpc) is 3.35. The third-order valence-corrected chi connectivity index (χ3v) is 8.49. The Morgan fingerprint density at radius 3 is 2.74 bits per heavy atom. The minimum absolute atomic E-state index is 0.0167. The van der Waals surface area contributed by atoms with Gasteiger partial charge in [0.25, 0.3) is 0 Å². The zero-order chi connectivity index (χ0) is 18.6. The number of hydrogen-bond acceptors (Lipinski definition) is 5. The van der Waals surface area contributed by atoms with Crippen molar-refractivity contribution in [1.29, 1.82) is 0 Å². The molecule has 7 heteroatoms. The monoisotopic (exact) mass is 400 g/mol. The molecular formula is C20H17FN2O2S2. The minimum atomic E-state index is -3.32. The number of likely N-dealkylation sites (tertiary alicyclic amines) is 1. The second-order valence-electron chi connectivity index (χ2n) is 7.14. The van der Waals surface area contributed by atoms with Gasteiger partial charge in [0.2, 0.25) is 5.95 Å². The summed E-state index contributed by atoms with van der Waals surface area (Å²) in [6.07, 6.45) is 1.48. The quantitative estimate of drug-likeness (QED) is 0.629. The standard InChI is InChI=1S/C20H17FN2O2S2/c21-20-4-2-15(8-22-20)14-1-3-18-16(7-14)17-10-23(9-13-5-6-26-12-13)11-19(17)27(18,24)25/h1-8,12,17,19H,9-11H2/t17-,19+/m0/s1. The maximum absolute atomic E-state index is 13.1. The Labute approximate surface area is 161 Å². The molecule has 138 valence electrons. The van der Waals surface area contributed by atoms with E-state index >= 15 is 0 Å². The van der Waals surface area contributed by atoms with Crippen molar-refractivity contribution in [2.75, 3.05) is 13.1 Å². The Morgan fingerprint density at radius 1 is 1.15 bits per heavy atom. The summed E-state index contributed by atoms with van der Waals surface area (Å²) in [4.78, 5) is 6.38. The van der Waals surface area contributed by atoms with Crippen LogP contribution in [0, 0.1) is 5.95 Å². The van der Waals surface area contributed by atoms with E-state index < -0.39 is 15.8 Å². The molecular weight excluding hydrogens is 383 g/mol. The van der Waals surface area contributed by atoms with Crippen LogP contribution in [-0.4, -0.2) is 36.6 Å². The highest BCUT2D eigenvalue weighted by Crippen LogP contribution is 2.46. The predicted octanol–water partition coefficient (Wildman–Crippen LogP) is 3.70. The fourth-order valence-electron chi connectivity index (χ4n) is 4.22. The molecule has 0 saturated carbocycles. The van der Waals surface area contributed by atoms with E-state index in [0.29, 0.717) is 11.4 Å². The van der Waals surface area contributed by atoms with Crippen molar-refractivity contribution >= 4 is 21.2 Å². The summed E-state index contributed by atoms with van der Waals surface area (Å²) >= 11 is 1.66. The molecule has 4 nitrogen and oxygen atoms in total. The summed E-state index contributed by atoms with van der Waals surface area (Å²) < 4.78 is 39.1. The highest BCUT2D eigenvalue weighted by atomic mass is 32.2. The van der Waals surface area contributed by atoms with Crippen molar-refractivity contribution in [3.05, 3.63) is 70.4 Å². The Kier molecular flexibility index (Phi) is 3.93. The van der Waals surface area contributed by atoms with Crippen molar-refractivity contribution in [1.82, 2.24) is 9.88 Å². The van der Waals surface area contributed by atoms with Crippen molar-refractivity contribution in [2.24, 2.45) is 0 Å². The number of aromatic nitrogens is 1. The van der Waals surface area contributed by atoms with Gasteiger partial charge in [0.05, 0.1) is 10.1 Å². The molecule has 1 saturated heterocycles. The van der Waals surface area contributed by atoms with E-state index in [9.17, 15) is 12.8 Å². The summed E-state index contributed by atoms with van der Waals surface area (Å²) in [6, 6.07) is 10.5. The van der Waals surface area contributed by atoms with Crippen LogP contribution >= 0.6 is 11.3 Å². The molecule has 2 aliphatic rings. The molecule has 0 bridgehead atoms. The van der Waals surface area contributed by atoms with Crippen LogP contribution < -0.4 is 0 Å². The second-order valence-corrected chi connectivity index (χ2v) is 10.1. The fraction of sp³-hybridized carbons (Fsp3) is 0.250. The number of sulfone groups is 1. The van der Waals surface area contributed by atoms with Crippen LogP contribution in [0.15, 0.2) is 58.3 Å². The minimum Gasteiger partial charge on any atom is -0.297 e. The molecule has 5 rings (SSSR count). The van der Waals surface area contributed by atoms with Gasteiger partial charge in [-0.1, -0.05) is 6.07 Å². The molecule has 1 fully saturated rings. The largest absolute Gasteiger partial charge is 0.297 e. The summed E-state index contributed by atoms with van der Waals surface area (Å²) in [5.41, 5.74) is 3.76. The Hall–Kier alpha value is -2.09. The Bertz CT molecular complexity index is 1100. The van der Waals surface area contributed by atoms with Gasteiger partial charge in [-0.25, -0.2) is 13.4 Å². The molecule has 27 heavy (non-hydrogen) atoms. The lowest BCUT2D eigenvalue weighted by Crippen LogP contribution is -2.25. The number of hydrogen-bond donors (Lipinski definition) is 0. The van der Waals surface area contributed by atoms with E-state index in [1.54, 1.807) is 29.5 Å². The molecule has 3 aromatic rings. The Balaban J connectivity index is 1.50. The lowest BCUT2D eigenvalue weighted by Gasteiger charge is -2.16. The van der Waals surface area contributed by atoms with Gasteiger partial charge >= 0.3 is 0 Å². The SMILES string of the molecule is O=S1(=O)c2ccc(-c3ccc(F)nc3)cc2[C@@H]2CN(Cc3ccsc3)C[C@H]21. The first-order valence-electron chi connectivity index (χ1n) is 8.75. The first-order chi connectivity index (χ1) is 13.0. The predicted molar refractivity (Wildman–Crippen MR) is 103 cm³/mol.